The Bertz CT molecular complexity index is 570. The quantitative estimate of drug-likeness (QED) is 0.680. The molecule has 8 heteroatoms. The van der Waals surface area contributed by atoms with Crippen LogP contribution in [0.1, 0.15) is 27.2 Å². The van der Waals surface area contributed by atoms with Crippen molar-refractivity contribution in [1.29, 1.82) is 0 Å². The number of hydrogen-bond donors (Lipinski definition) is 1. The maximum absolute atomic E-state index is 12.0. The van der Waals surface area contributed by atoms with Crippen LogP contribution >= 0.6 is 0 Å². The van der Waals surface area contributed by atoms with Crippen LogP contribution < -0.4 is 5.32 Å². The van der Waals surface area contributed by atoms with E-state index in [-0.39, 0.29) is 17.8 Å². The van der Waals surface area contributed by atoms with Gasteiger partial charge in [0.1, 0.15) is 11.3 Å². The number of anilines is 1. The van der Waals surface area contributed by atoms with Gasteiger partial charge in [0.25, 0.3) is 5.69 Å². The fourth-order valence-electron chi connectivity index (χ4n) is 2.25. The number of aromatic nitrogens is 1. The number of nitrogens with zero attached hydrogens (tertiary/aromatic N) is 3. The number of carbonyl (C=O) groups excluding carboxylic acids is 1. The zero-order valence-corrected chi connectivity index (χ0v) is 12.9. The molecule has 8 nitrogen and oxygen atoms in total. The Balaban J connectivity index is 1.97. The van der Waals surface area contributed by atoms with Gasteiger partial charge in [0.15, 0.2) is 0 Å². The third-order valence-electron chi connectivity index (χ3n) is 3.19. The van der Waals surface area contributed by atoms with Crippen molar-refractivity contribution in [2.24, 2.45) is 0 Å². The Morgan fingerprint density at radius 1 is 1.55 bits per heavy atom. The average molecular weight is 308 g/mol. The molecule has 2 heterocycles. The molecule has 0 aromatic carbocycles. The lowest BCUT2D eigenvalue weighted by Crippen LogP contribution is -2.36. The van der Waals surface area contributed by atoms with Gasteiger partial charge in [-0.2, -0.15) is 0 Å². The van der Waals surface area contributed by atoms with E-state index < -0.39 is 10.5 Å². The van der Waals surface area contributed by atoms with Gasteiger partial charge < -0.3 is 15.0 Å². The maximum atomic E-state index is 12.0. The minimum absolute atomic E-state index is 0.0225. The summed E-state index contributed by atoms with van der Waals surface area (Å²) in [5.74, 6) is 0. The highest BCUT2D eigenvalue weighted by Gasteiger charge is 2.30. The Morgan fingerprint density at radius 3 is 2.91 bits per heavy atom. The van der Waals surface area contributed by atoms with E-state index in [1.165, 1.54) is 18.5 Å². The van der Waals surface area contributed by atoms with Crippen LogP contribution in [0.4, 0.5) is 16.2 Å². The first-order valence-corrected chi connectivity index (χ1v) is 7.09. The maximum Gasteiger partial charge on any atom is 0.410 e. The normalized spacial score (nSPS) is 18.1. The van der Waals surface area contributed by atoms with Crippen molar-refractivity contribution in [3.63, 3.8) is 0 Å². The molecule has 1 atom stereocenters. The molecule has 1 amide bonds. The monoisotopic (exact) mass is 308 g/mol. The molecule has 0 radical (unpaired) electrons. The molecule has 1 aromatic rings. The summed E-state index contributed by atoms with van der Waals surface area (Å²) in [7, 11) is 0. The largest absolute Gasteiger partial charge is 0.444 e. The number of likely N-dealkylation sites (tertiary alicyclic amines) is 1. The van der Waals surface area contributed by atoms with Crippen molar-refractivity contribution in [1.82, 2.24) is 9.88 Å². The molecular weight excluding hydrogens is 288 g/mol. The van der Waals surface area contributed by atoms with E-state index in [4.69, 9.17) is 4.74 Å². The number of hydrogen-bond acceptors (Lipinski definition) is 6. The van der Waals surface area contributed by atoms with E-state index >= 15 is 0 Å². The van der Waals surface area contributed by atoms with Crippen molar-refractivity contribution in [3.8, 4) is 0 Å². The van der Waals surface area contributed by atoms with E-state index in [0.29, 0.717) is 25.2 Å². The SMILES string of the molecule is CC(C)(C)OC(=O)N1CC[C@H](Nc2cnccc2[N+](=O)[O-])C1. The second-order valence-electron chi connectivity index (χ2n) is 6.21. The van der Waals surface area contributed by atoms with Crippen molar-refractivity contribution in [3.05, 3.63) is 28.6 Å². The molecule has 1 aromatic heterocycles. The number of carbonyl (C=O) groups is 1. The molecule has 120 valence electrons. The molecule has 0 unspecified atom stereocenters. The van der Waals surface area contributed by atoms with E-state index in [1.54, 1.807) is 4.90 Å². The number of nitro groups is 1. The van der Waals surface area contributed by atoms with Crippen LogP contribution in [0.2, 0.25) is 0 Å². The third kappa shape index (κ3) is 4.06. The predicted octanol–water partition coefficient (Wildman–Crippen LogP) is 2.41. The first kappa shape index (κ1) is 16.0. The van der Waals surface area contributed by atoms with Gasteiger partial charge in [0.05, 0.1) is 11.1 Å². The summed E-state index contributed by atoms with van der Waals surface area (Å²) in [6, 6.07) is 1.29. The highest BCUT2D eigenvalue weighted by atomic mass is 16.6. The summed E-state index contributed by atoms with van der Waals surface area (Å²) >= 11 is 0. The molecule has 1 N–H and O–H groups in total. The molecule has 0 saturated carbocycles. The van der Waals surface area contributed by atoms with Crippen LogP contribution in [0, 0.1) is 10.1 Å². The number of pyridine rings is 1. The number of amides is 1. The summed E-state index contributed by atoms with van der Waals surface area (Å²) < 4.78 is 5.32. The van der Waals surface area contributed by atoms with E-state index in [1.807, 2.05) is 20.8 Å². The zero-order chi connectivity index (χ0) is 16.3. The van der Waals surface area contributed by atoms with Crippen molar-refractivity contribution in [2.45, 2.75) is 38.8 Å². The fourth-order valence-corrected chi connectivity index (χ4v) is 2.25. The second-order valence-corrected chi connectivity index (χ2v) is 6.21. The van der Waals surface area contributed by atoms with Crippen molar-refractivity contribution >= 4 is 17.5 Å². The Hall–Kier alpha value is -2.38. The predicted molar refractivity (Wildman–Crippen MR) is 80.7 cm³/mol. The molecule has 22 heavy (non-hydrogen) atoms. The van der Waals surface area contributed by atoms with Gasteiger partial charge in [0, 0.05) is 31.4 Å². The summed E-state index contributed by atoms with van der Waals surface area (Å²) in [6.07, 6.45) is 3.14. The van der Waals surface area contributed by atoms with Crippen LogP contribution in [0.3, 0.4) is 0 Å². The van der Waals surface area contributed by atoms with E-state index in [9.17, 15) is 14.9 Å². The molecule has 1 saturated heterocycles. The minimum Gasteiger partial charge on any atom is -0.444 e. The Morgan fingerprint density at radius 2 is 2.27 bits per heavy atom. The average Bonchev–Trinajstić information content (AvgIpc) is 2.86. The standard InChI is InChI=1S/C14H20N4O4/c1-14(2,3)22-13(19)17-7-5-10(9-17)16-11-8-15-6-4-12(11)18(20)21/h4,6,8,10,16H,5,7,9H2,1-3H3/t10-/m0/s1. The molecule has 0 bridgehead atoms. The molecule has 0 aliphatic carbocycles. The number of nitrogens with one attached hydrogen (secondary N) is 1. The lowest BCUT2D eigenvalue weighted by Gasteiger charge is -2.24. The van der Waals surface area contributed by atoms with Gasteiger partial charge in [-0.05, 0) is 27.2 Å². The Kier molecular flexibility index (Phi) is 4.48. The smallest absolute Gasteiger partial charge is 0.410 e. The number of ether oxygens (including phenoxy) is 1. The molecule has 2 rings (SSSR count). The topological polar surface area (TPSA) is 97.6 Å². The zero-order valence-electron chi connectivity index (χ0n) is 12.9. The van der Waals surface area contributed by atoms with Gasteiger partial charge in [-0.25, -0.2) is 4.79 Å². The van der Waals surface area contributed by atoms with Crippen LogP contribution in [0.25, 0.3) is 0 Å². The molecule has 1 fully saturated rings. The summed E-state index contributed by atoms with van der Waals surface area (Å²) in [5.41, 5.74) is -0.195. The second kappa shape index (κ2) is 6.17. The van der Waals surface area contributed by atoms with Gasteiger partial charge in [-0.1, -0.05) is 0 Å². The summed E-state index contributed by atoms with van der Waals surface area (Å²) in [5, 5.41) is 14.1. The van der Waals surface area contributed by atoms with E-state index in [0.717, 1.165) is 0 Å². The molecule has 1 aliphatic rings. The summed E-state index contributed by atoms with van der Waals surface area (Å²) in [4.78, 5) is 28.0. The van der Waals surface area contributed by atoms with E-state index in [2.05, 4.69) is 10.3 Å². The molecular formula is C14H20N4O4. The van der Waals surface area contributed by atoms with Gasteiger partial charge in [-0.3, -0.25) is 15.1 Å². The van der Waals surface area contributed by atoms with Crippen LogP contribution in [0.15, 0.2) is 18.5 Å². The first-order chi connectivity index (χ1) is 10.3. The van der Waals surface area contributed by atoms with Gasteiger partial charge in [0.2, 0.25) is 0 Å². The third-order valence-corrected chi connectivity index (χ3v) is 3.19. The van der Waals surface area contributed by atoms with Crippen LogP contribution in [0.5, 0.6) is 0 Å². The first-order valence-electron chi connectivity index (χ1n) is 7.09. The highest BCUT2D eigenvalue weighted by Crippen LogP contribution is 2.25. The molecule has 1 aliphatic heterocycles. The van der Waals surface area contributed by atoms with Crippen LogP contribution in [-0.2, 0) is 4.74 Å². The lowest BCUT2D eigenvalue weighted by molar-refractivity contribution is -0.384. The number of rotatable bonds is 3. The van der Waals surface area contributed by atoms with Crippen LogP contribution in [-0.4, -0.2) is 45.6 Å². The highest BCUT2D eigenvalue weighted by molar-refractivity contribution is 5.69. The van der Waals surface area contributed by atoms with Gasteiger partial charge >= 0.3 is 6.09 Å². The van der Waals surface area contributed by atoms with Gasteiger partial charge in [-0.15, -0.1) is 0 Å². The van der Waals surface area contributed by atoms with Crippen molar-refractivity contribution < 1.29 is 14.5 Å². The Labute approximate surface area is 128 Å². The molecule has 0 spiro atoms. The fraction of sp³-hybridized carbons (Fsp3) is 0.571. The summed E-state index contributed by atoms with van der Waals surface area (Å²) in [6.45, 7) is 6.45. The lowest BCUT2D eigenvalue weighted by atomic mass is 10.2. The minimum atomic E-state index is -0.537. The van der Waals surface area contributed by atoms with Crippen molar-refractivity contribution in [2.75, 3.05) is 18.4 Å².